The quantitative estimate of drug-likeness (QED) is 0.173. The highest BCUT2D eigenvalue weighted by molar-refractivity contribution is 8.69. The highest BCUT2D eigenvalue weighted by Gasteiger charge is 2.47. The van der Waals surface area contributed by atoms with Gasteiger partial charge in [-0.25, -0.2) is 4.21 Å². The summed E-state index contributed by atoms with van der Waals surface area (Å²) in [7, 11) is -0.0799. The lowest BCUT2D eigenvalue weighted by Crippen LogP contribution is -2.38. The van der Waals surface area contributed by atoms with E-state index >= 15 is 0 Å². The smallest absolute Gasteiger partial charge is 0.145 e. The van der Waals surface area contributed by atoms with Crippen LogP contribution < -0.4 is 0 Å². The molecule has 202 valence electrons. The van der Waals surface area contributed by atoms with Gasteiger partial charge in [0.25, 0.3) is 0 Å². The minimum atomic E-state index is -1.33. The molecule has 1 aliphatic heterocycles. The second-order valence-corrected chi connectivity index (χ2v) is 12.3. The highest BCUT2D eigenvalue weighted by Crippen LogP contribution is 2.38. The Kier molecular flexibility index (Phi) is 10.4. The summed E-state index contributed by atoms with van der Waals surface area (Å²) in [5, 5.41) is 0. The summed E-state index contributed by atoms with van der Waals surface area (Å²) in [5.41, 5.74) is 2.70. The Morgan fingerprint density at radius 3 is 1.62 bits per heavy atom. The molecule has 7 heteroatoms. The van der Waals surface area contributed by atoms with Gasteiger partial charge in [-0.1, -0.05) is 109 Å². The van der Waals surface area contributed by atoms with Crippen LogP contribution in [0, 0.1) is 0 Å². The van der Waals surface area contributed by atoms with Crippen molar-refractivity contribution in [2.45, 2.75) is 48.5 Å². The Balaban J connectivity index is 1.34. The summed E-state index contributed by atoms with van der Waals surface area (Å²) in [4.78, 5) is 0.735. The Hall–Kier alpha value is -2.78. The zero-order valence-corrected chi connectivity index (χ0v) is 23.2. The van der Waals surface area contributed by atoms with Crippen molar-refractivity contribution in [2.24, 2.45) is 0 Å². The number of hydrogen-bond donors (Lipinski definition) is 0. The van der Waals surface area contributed by atoms with Gasteiger partial charge in [-0.2, -0.15) is 0 Å². The molecule has 39 heavy (non-hydrogen) atoms. The van der Waals surface area contributed by atoms with Gasteiger partial charge >= 0.3 is 0 Å². The summed E-state index contributed by atoms with van der Waals surface area (Å²) in [5.74, 6) is 0. The van der Waals surface area contributed by atoms with E-state index in [0.29, 0.717) is 26.4 Å². The molecular formula is C32H32O5S2. The number of hydrogen-bond acceptors (Lipinski definition) is 6. The molecule has 0 bridgehead atoms. The van der Waals surface area contributed by atoms with Crippen LogP contribution in [0.1, 0.15) is 16.7 Å². The van der Waals surface area contributed by atoms with Gasteiger partial charge in [-0.05, 0) is 39.6 Å². The predicted molar refractivity (Wildman–Crippen MR) is 155 cm³/mol. The minimum absolute atomic E-state index is 0.328. The predicted octanol–water partition coefficient (Wildman–Crippen LogP) is 6.55. The van der Waals surface area contributed by atoms with Crippen LogP contribution in [0.25, 0.3) is 0 Å². The molecule has 0 spiro atoms. The first-order valence-corrected chi connectivity index (χ1v) is 15.5. The van der Waals surface area contributed by atoms with Crippen molar-refractivity contribution < 1.29 is 23.2 Å². The number of benzene rings is 4. The highest BCUT2D eigenvalue weighted by atomic mass is 33.1. The normalized spacial score (nSPS) is 21.5. The van der Waals surface area contributed by atoms with E-state index in [1.54, 1.807) is 0 Å². The molecule has 0 aliphatic carbocycles. The van der Waals surface area contributed by atoms with E-state index < -0.39 is 27.5 Å². The average molecular weight is 561 g/mol. The standard InChI is InChI=1S/C32H32O5S2/c33-39(28-19-11-4-12-20-28)38-32-31(36-23-27-17-9-3-10-18-27)30(35-22-26-15-7-2-8-16-26)29(37-32)24-34-21-25-13-5-1-6-14-25/h1-20,29-32H,21-24H2/t29-,30-,31+,32?,39?/m1/s1. The summed E-state index contributed by atoms with van der Waals surface area (Å²) in [6, 6.07) is 39.5. The zero-order valence-electron chi connectivity index (χ0n) is 21.5. The second kappa shape index (κ2) is 14.6. The fourth-order valence-corrected chi connectivity index (χ4v) is 7.20. The van der Waals surface area contributed by atoms with Crippen molar-refractivity contribution in [3.63, 3.8) is 0 Å². The zero-order chi connectivity index (χ0) is 26.7. The molecule has 0 N–H and O–H groups in total. The van der Waals surface area contributed by atoms with E-state index in [2.05, 4.69) is 0 Å². The molecule has 1 saturated heterocycles. The van der Waals surface area contributed by atoms with E-state index in [9.17, 15) is 4.21 Å². The van der Waals surface area contributed by atoms with Crippen molar-refractivity contribution in [1.29, 1.82) is 0 Å². The topological polar surface area (TPSA) is 54.0 Å². The lowest BCUT2D eigenvalue weighted by molar-refractivity contribution is -0.0895. The molecule has 0 amide bonds. The summed E-state index contributed by atoms with van der Waals surface area (Å²) < 4.78 is 38.8. The van der Waals surface area contributed by atoms with E-state index in [1.807, 2.05) is 121 Å². The molecule has 4 aromatic carbocycles. The van der Waals surface area contributed by atoms with E-state index in [-0.39, 0.29) is 6.10 Å². The van der Waals surface area contributed by atoms with Gasteiger partial charge in [0.15, 0.2) is 0 Å². The lowest BCUT2D eigenvalue weighted by Gasteiger charge is -2.25. The first-order chi connectivity index (χ1) is 19.3. The van der Waals surface area contributed by atoms with Crippen molar-refractivity contribution in [1.82, 2.24) is 0 Å². The largest absolute Gasteiger partial charge is 0.374 e. The van der Waals surface area contributed by atoms with Crippen LogP contribution in [0.2, 0.25) is 0 Å². The fourth-order valence-electron chi connectivity index (χ4n) is 4.35. The molecular weight excluding hydrogens is 528 g/mol. The van der Waals surface area contributed by atoms with Gasteiger partial charge in [0, 0.05) is 4.90 Å². The first-order valence-electron chi connectivity index (χ1n) is 13.0. The molecule has 5 rings (SSSR count). The average Bonchev–Trinajstić information content (AvgIpc) is 3.32. The Bertz CT molecular complexity index is 1280. The summed E-state index contributed by atoms with van der Waals surface area (Å²) in [6.45, 7) is 1.60. The van der Waals surface area contributed by atoms with Gasteiger partial charge in [0.05, 0.1) is 26.4 Å². The van der Waals surface area contributed by atoms with Crippen LogP contribution in [-0.2, 0) is 48.6 Å². The molecule has 5 atom stereocenters. The molecule has 1 aliphatic rings. The van der Waals surface area contributed by atoms with Crippen LogP contribution in [-0.4, -0.2) is 34.6 Å². The fraction of sp³-hybridized carbons (Fsp3) is 0.250. The second-order valence-electron chi connectivity index (χ2n) is 9.21. The van der Waals surface area contributed by atoms with E-state index in [0.717, 1.165) is 21.6 Å². The number of ether oxygens (including phenoxy) is 4. The SMILES string of the molecule is O=S(SC1O[C@H](COCc2ccccc2)[C@@H](OCc2ccccc2)[C@@H]1OCc1ccccc1)c1ccccc1. The van der Waals surface area contributed by atoms with Crippen LogP contribution >= 0.6 is 10.8 Å². The van der Waals surface area contributed by atoms with Crippen LogP contribution in [0.4, 0.5) is 0 Å². The Morgan fingerprint density at radius 1 is 0.615 bits per heavy atom. The summed E-state index contributed by atoms with van der Waals surface area (Å²) in [6.07, 6.45) is -1.24. The summed E-state index contributed by atoms with van der Waals surface area (Å²) >= 11 is 0. The van der Waals surface area contributed by atoms with Gasteiger partial charge < -0.3 is 18.9 Å². The monoisotopic (exact) mass is 560 g/mol. The maximum Gasteiger partial charge on any atom is 0.145 e. The van der Waals surface area contributed by atoms with Gasteiger partial charge in [0.2, 0.25) is 0 Å². The molecule has 1 fully saturated rings. The molecule has 2 unspecified atom stereocenters. The number of rotatable bonds is 13. The van der Waals surface area contributed by atoms with Crippen molar-refractivity contribution in [3.8, 4) is 0 Å². The third-order valence-corrected chi connectivity index (χ3v) is 9.42. The molecule has 0 aromatic heterocycles. The third-order valence-electron chi connectivity index (χ3n) is 6.35. The maximum absolute atomic E-state index is 13.3. The first kappa shape index (κ1) is 27.8. The van der Waals surface area contributed by atoms with Crippen molar-refractivity contribution in [2.75, 3.05) is 6.61 Å². The van der Waals surface area contributed by atoms with Gasteiger partial charge in [-0.15, -0.1) is 0 Å². The Labute approximate surface area is 236 Å². The van der Waals surface area contributed by atoms with Gasteiger partial charge in [0.1, 0.15) is 33.6 Å². The van der Waals surface area contributed by atoms with Crippen LogP contribution in [0.15, 0.2) is 126 Å². The molecule has 1 heterocycles. The van der Waals surface area contributed by atoms with E-state index in [1.165, 1.54) is 10.8 Å². The molecule has 0 radical (unpaired) electrons. The molecule has 4 aromatic rings. The molecule has 0 saturated carbocycles. The van der Waals surface area contributed by atoms with Gasteiger partial charge in [-0.3, -0.25) is 0 Å². The van der Waals surface area contributed by atoms with Crippen LogP contribution in [0.3, 0.4) is 0 Å². The molecule has 5 nitrogen and oxygen atoms in total. The maximum atomic E-state index is 13.3. The van der Waals surface area contributed by atoms with E-state index in [4.69, 9.17) is 18.9 Å². The minimum Gasteiger partial charge on any atom is -0.374 e. The van der Waals surface area contributed by atoms with Crippen molar-refractivity contribution >= 4 is 20.6 Å². The Morgan fingerprint density at radius 2 is 1.08 bits per heavy atom. The third kappa shape index (κ3) is 8.11. The van der Waals surface area contributed by atoms with Crippen LogP contribution in [0.5, 0.6) is 0 Å². The lowest BCUT2D eigenvalue weighted by atomic mass is 10.1. The van der Waals surface area contributed by atoms with Crippen molar-refractivity contribution in [3.05, 3.63) is 138 Å².